The van der Waals surface area contributed by atoms with Gasteiger partial charge in [-0.2, -0.15) is 0 Å². The third-order valence-corrected chi connectivity index (χ3v) is 3.67. The second-order valence-corrected chi connectivity index (χ2v) is 5.53. The Morgan fingerprint density at radius 3 is 2.42 bits per heavy atom. The molecule has 1 aliphatic heterocycles. The van der Waals surface area contributed by atoms with Crippen molar-refractivity contribution in [2.75, 3.05) is 40.3 Å². The number of hydrogen-bond acceptors (Lipinski definition) is 3. The van der Waals surface area contributed by atoms with Gasteiger partial charge in [-0.25, -0.2) is 4.79 Å². The van der Waals surface area contributed by atoms with Crippen molar-refractivity contribution >= 4 is 6.03 Å². The Bertz CT molecular complexity index is 251. The zero-order valence-corrected chi connectivity index (χ0v) is 12.4. The minimum atomic E-state index is 0.127. The van der Waals surface area contributed by atoms with Crippen LogP contribution in [0.2, 0.25) is 0 Å². The molecule has 0 aromatic heterocycles. The summed E-state index contributed by atoms with van der Waals surface area (Å²) >= 11 is 0. The maximum Gasteiger partial charge on any atom is 0.319 e. The fourth-order valence-corrected chi connectivity index (χ4v) is 2.45. The number of nitrogens with one attached hydrogen (secondary N) is 1. The van der Waals surface area contributed by atoms with Gasteiger partial charge in [0, 0.05) is 39.8 Å². The van der Waals surface area contributed by atoms with E-state index in [4.69, 9.17) is 5.11 Å². The molecule has 2 N–H and O–H groups in total. The Labute approximate surface area is 117 Å². The summed E-state index contributed by atoms with van der Waals surface area (Å²) in [6, 6.07) is 0.687. The van der Waals surface area contributed by atoms with Crippen LogP contribution in [0.3, 0.4) is 0 Å². The van der Waals surface area contributed by atoms with Gasteiger partial charge in [0.15, 0.2) is 0 Å². The summed E-state index contributed by atoms with van der Waals surface area (Å²) in [6.45, 7) is 3.09. The summed E-state index contributed by atoms with van der Waals surface area (Å²) < 4.78 is 0. The third kappa shape index (κ3) is 6.25. The van der Waals surface area contributed by atoms with Gasteiger partial charge in [0.05, 0.1) is 0 Å². The van der Waals surface area contributed by atoms with Gasteiger partial charge < -0.3 is 20.2 Å². The van der Waals surface area contributed by atoms with Crippen LogP contribution in [0.25, 0.3) is 0 Å². The lowest BCUT2D eigenvalue weighted by atomic mass is 10.0. The Kier molecular flexibility index (Phi) is 7.82. The Morgan fingerprint density at radius 2 is 1.84 bits per heavy atom. The van der Waals surface area contributed by atoms with Crippen LogP contribution in [0.5, 0.6) is 0 Å². The van der Waals surface area contributed by atoms with Gasteiger partial charge in [-0.05, 0) is 32.2 Å². The molecule has 1 saturated heterocycles. The highest BCUT2D eigenvalue weighted by Gasteiger charge is 2.22. The smallest absolute Gasteiger partial charge is 0.319 e. The number of amides is 2. The summed E-state index contributed by atoms with van der Waals surface area (Å²) in [6.07, 6.45) is 6.51. The van der Waals surface area contributed by atoms with Gasteiger partial charge in [0.1, 0.15) is 0 Å². The van der Waals surface area contributed by atoms with Crippen LogP contribution in [0.1, 0.15) is 38.5 Å². The number of hydrogen-bond donors (Lipinski definition) is 2. The lowest BCUT2D eigenvalue weighted by molar-refractivity contribution is 0.152. The van der Waals surface area contributed by atoms with Gasteiger partial charge in [0.25, 0.3) is 0 Å². The van der Waals surface area contributed by atoms with Gasteiger partial charge in [-0.15, -0.1) is 0 Å². The molecule has 0 unspecified atom stereocenters. The van der Waals surface area contributed by atoms with E-state index in [0.29, 0.717) is 12.6 Å². The SMILES string of the molecule is CN(C)C(=O)N1CCC(NCCCCCCO)CC1. The molecule has 0 aromatic carbocycles. The predicted molar refractivity (Wildman–Crippen MR) is 77.2 cm³/mol. The summed E-state index contributed by atoms with van der Waals surface area (Å²) in [5.41, 5.74) is 0. The quantitative estimate of drug-likeness (QED) is 0.686. The normalized spacial score (nSPS) is 16.7. The number of aliphatic hydroxyl groups excluding tert-OH is 1. The van der Waals surface area contributed by atoms with Crippen molar-refractivity contribution in [3.63, 3.8) is 0 Å². The molecule has 1 fully saturated rings. The summed E-state index contributed by atoms with van der Waals surface area (Å²) in [7, 11) is 3.61. The van der Waals surface area contributed by atoms with Crippen LogP contribution >= 0.6 is 0 Å². The van der Waals surface area contributed by atoms with Crippen LogP contribution < -0.4 is 5.32 Å². The first-order valence-corrected chi connectivity index (χ1v) is 7.45. The Balaban J connectivity index is 2.05. The van der Waals surface area contributed by atoms with Crippen molar-refractivity contribution in [3.05, 3.63) is 0 Å². The fraction of sp³-hybridized carbons (Fsp3) is 0.929. The molecule has 0 radical (unpaired) electrons. The topological polar surface area (TPSA) is 55.8 Å². The molecule has 112 valence electrons. The highest BCUT2D eigenvalue weighted by atomic mass is 16.2. The standard InChI is InChI=1S/C14H29N3O2/c1-16(2)14(19)17-10-7-13(8-11-17)15-9-5-3-4-6-12-18/h13,15,18H,3-12H2,1-2H3. The molecule has 0 atom stereocenters. The van der Waals surface area contributed by atoms with Crippen molar-refractivity contribution in [2.45, 2.75) is 44.6 Å². The van der Waals surface area contributed by atoms with Gasteiger partial charge in [-0.3, -0.25) is 0 Å². The maximum absolute atomic E-state index is 11.8. The van der Waals surface area contributed by atoms with E-state index in [1.807, 2.05) is 4.90 Å². The molecule has 1 rings (SSSR count). The molecular formula is C14H29N3O2. The molecule has 0 bridgehead atoms. The minimum absolute atomic E-state index is 0.127. The van der Waals surface area contributed by atoms with E-state index >= 15 is 0 Å². The Morgan fingerprint density at radius 1 is 1.21 bits per heavy atom. The molecule has 0 aliphatic carbocycles. The number of carbonyl (C=O) groups is 1. The van der Waals surface area contributed by atoms with Crippen molar-refractivity contribution in [1.82, 2.24) is 15.1 Å². The molecule has 1 heterocycles. The Hall–Kier alpha value is -0.810. The van der Waals surface area contributed by atoms with Crippen molar-refractivity contribution in [3.8, 4) is 0 Å². The molecule has 1 aliphatic rings. The molecule has 2 amide bonds. The van der Waals surface area contributed by atoms with Crippen LogP contribution in [0.15, 0.2) is 0 Å². The van der Waals surface area contributed by atoms with Gasteiger partial charge >= 0.3 is 6.03 Å². The predicted octanol–water partition coefficient (Wildman–Crippen LogP) is 1.27. The van der Waals surface area contributed by atoms with E-state index in [1.165, 1.54) is 12.8 Å². The van der Waals surface area contributed by atoms with Crippen molar-refractivity contribution in [1.29, 1.82) is 0 Å². The number of urea groups is 1. The molecule has 0 spiro atoms. The highest BCUT2D eigenvalue weighted by molar-refractivity contribution is 5.73. The number of unbranched alkanes of at least 4 members (excludes halogenated alkanes) is 3. The highest BCUT2D eigenvalue weighted by Crippen LogP contribution is 2.11. The van der Waals surface area contributed by atoms with E-state index in [1.54, 1.807) is 19.0 Å². The van der Waals surface area contributed by atoms with Gasteiger partial charge in [0.2, 0.25) is 0 Å². The first kappa shape index (κ1) is 16.2. The number of rotatable bonds is 7. The summed E-state index contributed by atoms with van der Waals surface area (Å²) in [5.74, 6) is 0. The number of nitrogens with zero attached hydrogens (tertiary/aromatic N) is 2. The zero-order valence-electron chi connectivity index (χ0n) is 12.4. The second-order valence-electron chi connectivity index (χ2n) is 5.53. The zero-order chi connectivity index (χ0) is 14.1. The van der Waals surface area contributed by atoms with E-state index in [2.05, 4.69) is 5.32 Å². The number of aliphatic hydroxyl groups is 1. The first-order chi connectivity index (χ1) is 9.15. The molecule has 5 nitrogen and oxygen atoms in total. The van der Waals surface area contributed by atoms with Crippen LogP contribution in [-0.2, 0) is 0 Å². The lowest BCUT2D eigenvalue weighted by Gasteiger charge is -2.34. The number of carbonyl (C=O) groups excluding carboxylic acids is 1. The van der Waals surface area contributed by atoms with E-state index in [0.717, 1.165) is 45.3 Å². The fourth-order valence-electron chi connectivity index (χ4n) is 2.45. The average molecular weight is 271 g/mol. The number of piperidine rings is 1. The molecule has 19 heavy (non-hydrogen) atoms. The average Bonchev–Trinajstić information content (AvgIpc) is 2.42. The summed E-state index contributed by atoms with van der Waals surface area (Å²) in [5, 5.41) is 12.3. The lowest BCUT2D eigenvalue weighted by Crippen LogP contribution is -2.48. The summed E-state index contributed by atoms with van der Waals surface area (Å²) in [4.78, 5) is 15.4. The minimum Gasteiger partial charge on any atom is -0.396 e. The van der Waals surface area contributed by atoms with Crippen molar-refractivity contribution < 1.29 is 9.90 Å². The maximum atomic E-state index is 11.8. The van der Waals surface area contributed by atoms with Crippen LogP contribution in [-0.4, -0.2) is 67.3 Å². The van der Waals surface area contributed by atoms with Crippen molar-refractivity contribution in [2.24, 2.45) is 0 Å². The van der Waals surface area contributed by atoms with E-state index in [9.17, 15) is 4.79 Å². The first-order valence-electron chi connectivity index (χ1n) is 7.45. The molecule has 5 heteroatoms. The molecular weight excluding hydrogens is 242 g/mol. The molecule has 0 aromatic rings. The number of likely N-dealkylation sites (tertiary alicyclic amines) is 1. The monoisotopic (exact) mass is 271 g/mol. The third-order valence-electron chi connectivity index (χ3n) is 3.67. The van der Waals surface area contributed by atoms with Gasteiger partial charge in [-0.1, -0.05) is 12.8 Å². The second kappa shape index (κ2) is 9.15. The largest absolute Gasteiger partial charge is 0.396 e. The van der Waals surface area contributed by atoms with Crippen LogP contribution in [0.4, 0.5) is 4.79 Å². The van der Waals surface area contributed by atoms with E-state index < -0.39 is 0 Å². The van der Waals surface area contributed by atoms with E-state index in [-0.39, 0.29) is 6.03 Å². The molecule has 0 saturated carbocycles. The van der Waals surface area contributed by atoms with Crippen LogP contribution in [0, 0.1) is 0 Å².